The van der Waals surface area contributed by atoms with Crippen LogP contribution in [0.1, 0.15) is 19.5 Å². The summed E-state index contributed by atoms with van der Waals surface area (Å²) in [6.07, 6.45) is 5.92. The number of rotatable bonds is 4. The Morgan fingerprint density at radius 3 is 2.69 bits per heavy atom. The molecule has 1 aromatic rings. The van der Waals surface area contributed by atoms with E-state index in [0.717, 1.165) is 0 Å². The maximum atomic E-state index is 11.0. The number of hydrogen-bond donors (Lipinski definition) is 0. The lowest BCUT2D eigenvalue weighted by atomic mass is 10.2. The van der Waals surface area contributed by atoms with Gasteiger partial charge >= 0.3 is 0 Å². The molecule has 1 atom stereocenters. The Morgan fingerprint density at radius 2 is 2.31 bits per heavy atom. The normalized spacial score (nSPS) is 13.2. The summed E-state index contributed by atoms with van der Waals surface area (Å²) in [5.41, 5.74) is 0. The molecule has 0 saturated heterocycles. The van der Waals surface area contributed by atoms with Crippen molar-refractivity contribution in [2.75, 3.05) is 14.1 Å². The van der Waals surface area contributed by atoms with E-state index in [-0.39, 0.29) is 11.9 Å². The lowest BCUT2D eigenvalue weighted by molar-refractivity contribution is -0.118. The third-order valence-corrected chi connectivity index (χ3v) is 1.94. The average molecular weight is 181 g/mol. The van der Waals surface area contributed by atoms with Crippen LogP contribution in [-0.2, 0) is 4.79 Å². The topological polar surface area (TPSA) is 38.1 Å². The number of carbonyl (C=O) groups is 1. The smallest absolute Gasteiger partial charge is 0.133 e. The van der Waals surface area contributed by atoms with E-state index in [1.54, 1.807) is 19.4 Å². The monoisotopic (exact) mass is 181 g/mol. The molecule has 0 spiro atoms. The number of hydrogen-bond acceptors (Lipinski definition) is 3. The summed E-state index contributed by atoms with van der Waals surface area (Å²) in [6, 6.07) is 0. The number of Topliss-reactive ketones (excluding diaryl/α,β-unsaturated/α-hetero) is 1. The van der Waals surface area contributed by atoms with E-state index >= 15 is 0 Å². The number of imidazole rings is 1. The molecule has 0 aromatic carbocycles. The summed E-state index contributed by atoms with van der Waals surface area (Å²) in [5.74, 6) is 0.187. The SMILES string of the molecule is CC(=O)CC(N(C)C)n1ccnc1. The summed E-state index contributed by atoms with van der Waals surface area (Å²) in [5, 5.41) is 0. The molecule has 0 N–H and O–H groups in total. The van der Waals surface area contributed by atoms with Crippen molar-refractivity contribution in [3.8, 4) is 0 Å². The van der Waals surface area contributed by atoms with Gasteiger partial charge < -0.3 is 4.57 Å². The van der Waals surface area contributed by atoms with E-state index in [1.807, 2.05) is 29.8 Å². The minimum atomic E-state index is 0.0833. The van der Waals surface area contributed by atoms with Gasteiger partial charge in [-0.05, 0) is 21.0 Å². The Balaban J connectivity index is 2.74. The first-order valence-corrected chi connectivity index (χ1v) is 4.24. The molecule has 0 bridgehead atoms. The first-order chi connectivity index (χ1) is 6.11. The van der Waals surface area contributed by atoms with Gasteiger partial charge in [0.1, 0.15) is 5.78 Å². The molecule has 13 heavy (non-hydrogen) atoms. The van der Waals surface area contributed by atoms with Crippen molar-refractivity contribution in [1.82, 2.24) is 14.5 Å². The van der Waals surface area contributed by atoms with Gasteiger partial charge in [-0.25, -0.2) is 4.98 Å². The second kappa shape index (κ2) is 4.18. The Kier molecular flexibility index (Phi) is 3.19. The Labute approximate surface area is 78.2 Å². The van der Waals surface area contributed by atoms with Crippen LogP contribution in [0.4, 0.5) is 0 Å². The molecule has 0 aliphatic heterocycles. The molecule has 0 saturated carbocycles. The predicted octanol–water partition coefficient (Wildman–Crippen LogP) is 0.922. The zero-order chi connectivity index (χ0) is 9.84. The van der Waals surface area contributed by atoms with Gasteiger partial charge in [-0.2, -0.15) is 0 Å². The number of carbonyl (C=O) groups excluding carboxylic acids is 1. The zero-order valence-electron chi connectivity index (χ0n) is 8.27. The molecule has 4 nitrogen and oxygen atoms in total. The van der Waals surface area contributed by atoms with Crippen molar-refractivity contribution in [3.63, 3.8) is 0 Å². The summed E-state index contributed by atoms with van der Waals surface area (Å²) >= 11 is 0. The van der Waals surface area contributed by atoms with Gasteiger partial charge in [0.25, 0.3) is 0 Å². The van der Waals surface area contributed by atoms with Crippen molar-refractivity contribution in [1.29, 1.82) is 0 Å². The van der Waals surface area contributed by atoms with E-state index in [4.69, 9.17) is 0 Å². The summed E-state index contributed by atoms with van der Waals surface area (Å²) < 4.78 is 1.93. The van der Waals surface area contributed by atoms with Gasteiger partial charge in [0, 0.05) is 18.8 Å². The molecule has 1 unspecified atom stereocenters. The molecule has 1 rings (SSSR count). The molecule has 0 amide bonds. The van der Waals surface area contributed by atoms with E-state index in [2.05, 4.69) is 4.98 Å². The van der Waals surface area contributed by atoms with E-state index in [0.29, 0.717) is 6.42 Å². The predicted molar refractivity (Wildman–Crippen MR) is 50.2 cm³/mol. The number of aromatic nitrogens is 2. The minimum Gasteiger partial charge on any atom is -0.321 e. The molecular formula is C9H15N3O. The minimum absolute atomic E-state index is 0.0833. The van der Waals surface area contributed by atoms with Crippen LogP contribution in [0, 0.1) is 0 Å². The van der Waals surface area contributed by atoms with Crippen LogP contribution < -0.4 is 0 Å². The molecule has 0 radical (unpaired) electrons. The van der Waals surface area contributed by atoms with Gasteiger partial charge in [0.15, 0.2) is 0 Å². The van der Waals surface area contributed by atoms with Crippen molar-refractivity contribution in [3.05, 3.63) is 18.7 Å². The van der Waals surface area contributed by atoms with Crippen molar-refractivity contribution >= 4 is 5.78 Å². The first-order valence-electron chi connectivity index (χ1n) is 4.24. The van der Waals surface area contributed by atoms with Gasteiger partial charge in [0.2, 0.25) is 0 Å². The summed E-state index contributed by atoms with van der Waals surface area (Å²) in [6.45, 7) is 1.60. The second-order valence-corrected chi connectivity index (χ2v) is 3.36. The highest BCUT2D eigenvalue weighted by atomic mass is 16.1. The van der Waals surface area contributed by atoms with Gasteiger partial charge in [-0.3, -0.25) is 9.69 Å². The third kappa shape index (κ3) is 2.66. The quantitative estimate of drug-likeness (QED) is 0.693. The van der Waals surface area contributed by atoms with Crippen LogP contribution in [-0.4, -0.2) is 34.3 Å². The Morgan fingerprint density at radius 1 is 1.62 bits per heavy atom. The zero-order valence-corrected chi connectivity index (χ0v) is 8.27. The third-order valence-electron chi connectivity index (χ3n) is 1.94. The fourth-order valence-electron chi connectivity index (χ4n) is 1.26. The summed E-state index contributed by atoms with van der Waals surface area (Å²) in [4.78, 5) is 17.0. The van der Waals surface area contributed by atoms with Crippen molar-refractivity contribution in [2.45, 2.75) is 19.5 Å². The average Bonchev–Trinajstić information content (AvgIpc) is 2.50. The van der Waals surface area contributed by atoms with Gasteiger partial charge in [-0.15, -0.1) is 0 Å². The molecular weight excluding hydrogens is 166 g/mol. The van der Waals surface area contributed by atoms with Crippen LogP contribution in [0.15, 0.2) is 18.7 Å². The first kappa shape index (κ1) is 9.92. The molecule has 0 aliphatic rings. The van der Waals surface area contributed by atoms with Gasteiger partial charge in [0.05, 0.1) is 12.5 Å². The fourth-order valence-corrected chi connectivity index (χ4v) is 1.26. The lowest BCUT2D eigenvalue weighted by Crippen LogP contribution is -2.26. The fraction of sp³-hybridized carbons (Fsp3) is 0.556. The molecule has 1 aromatic heterocycles. The van der Waals surface area contributed by atoms with Crippen LogP contribution in [0.5, 0.6) is 0 Å². The number of nitrogens with zero attached hydrogens (tertiary/aromatic N) is 3. The van der Waals surface area contributed by atoms with E-state index < -0.39 is 0 Å². The lowest BCUT2D eigenvalue weighted by Gasteiger charge is -2.24. The van der Waals surface area contributed by atoms with E-state index in [1.165, 1.54) is 0 Å². The van der Waals surface area contributed by atoms with Gasteiger partial charge in [-0.1, -0.05) is 0 Å². The number of ketones is 1. The molecule has 0 fully saturated rings. The Hall–Kier alpha value is -1.16. The molecule has 1 heterocycles. The van der Waals surface area contributed by atoms with Crippen LogP contribution in [0.25, 0.3) is 0 Å². The molecule has 0 aliphatic carbocycles. The highest BCUT2D eigenvalue weighted by molar-refractivity contribution is 5.75. The van der Waals surface area contributed by atoms with Crippen LogP contribution in [0.3, 0.4) is 0 Å². The van der Waals surface area contributed by atoms with Crippen molar-refractivity contribution in [2.24, 2.45) is 0 Å². The second-order valence-electron chi connectivity index (χ2n) is 3.36. The molecule has 4 heteroatoms. The van der Waals surface area contributed by atoms with Crippen molar-refractivity contribution < 1.29 is 4.79 Å². The van der Waals surface area contributed by atoms with E-state index in [9.17, 15) is 4.79 Å². The van der Waals surface area contributed by atoms with Crippen LogP contribution in [0.2, 0.25) is 0 Å². The highest BCUT2D eigenvalue weighted by Gasteiger charge is 2.14. The maximum absolute atomic E-state index is 11.0. The maximum Gasteiger partial charge on any atom is 0.133 e. The molecule has 72 valence electrons. The largest absolute Gasteiger partial charge is 0.321 e. The highest BCUT2D eigenvalue weighted by Crippen LogP contribution is 2.13. The standard InChI is InChI=1S/C9H15N3O/c1-8(13)6-9(11(2)3)12-5-4-10-7-12/h4-5,7,9H,6H2,1-3H3. The summed E-state index contributed by atoms with van der Waals surface area (Å²) in [7, 11) is 3.90. The van der Waals surface area contributed by atoms with Crippen LogP contribution >= 0.6 is 0 Å². The Bertz CT molecular complexity index is 266.